The van der Waals surface area contributed by atoms with Gasteiger partial charge in [-0.2, -0.15) is 0 Å². The molecule has 0 bridgehead atoms. The van der Waals surface area contributed by atoms with Crippen LogP contribution in [0.2, 0.25) is 0 Å². The summed E-state index contributed by atoms with van der Waals surface area (Å²) in [5.74, 6) is 1.16. The summed E-state index contributed by atoms with van der Waals surface area (Å²) in [6, 6.07) is 4.82. The van der Waals surface area contributed by atoms with Crippen LogP contribution in [-0.2, 0) is 0 Å². The minimum absolute atomic E-state index is 0.00194. The number of benzene rings is 1. The molecule has 1 aromatic rings. The molecule has 0 spiro atoms. The van der Waals surface area contributed by atoms with Gasteiger partial charge in [-0.05, 0) is 37.0 Å². The van der Waals surface area contributed by atoms with Crippen LogP contribution in [0.25, 0.3) is 0 Å². The lowest BCUT2D eigenvalue weighted by atomic mass is 9.92. The number of phenolic OH excluding ortho intramolecular Hbond substituents is 1. The zero-order chi connectivity index (χ0) is 14.5. The molecule has 4 heteroatoms. The number of piperidine rings is 1. The first-order valence-corrected chi connectivity index (χ1v) is 7.32. The maximum Gasteiger partial charge on any atom is 0.253 e. The Hall–Kier alpha value is -1.71. The summed E-state index contributed by atoms with van der Waals surface area (Å²) >= 11 is 0. The minimum atomic E-state index is -0.00194. The zero-order valence-corrected chi connectivity index (χ0v) is 12.3. The van der Waals surface area contributed by atoms with Gasteiger partial charge in [0.25, 0.3) is 5.91 Å². The van der Waals surface area contributed by atoms with E-state index in [-0.39, 0.29) is 11.7 Å². The van der Waals surface area contributed by atoms with E-state index in [2.05, 4.69) is 6.92 Å². The van der Waals surface area contributed by atoms with E-state index in [1.807, 2.05) is 4.90 Å². The molecule has 0 unspecified atom stereocenters. The Kier molecular flexibility index (Phi) is 4.88. The zero-order valence-electron chi connectivity index (χ0n) is 12.3. The average Bonchev–Trinajstić information content (AvgIpc) is 2.47. The van der Waals surface area contributed by atoms with Crippen molar-refractivity contribution in [1.29, 1.82) is 0 Å². The first kappa shape index (κ1) is 14.7. The molecule has 1 fully saturated rings. The Balaban J connectivity index is 2.00. The van der Waals surface area contributed by atoms with Crippen LogP contribution >= 0.6 is 0 Å². The topological polar surface area (TPSA) is 49.8 Å². The Morgan fingerprint density at radius 1 is 1.40 bits per heavy atom. The minimum Gasteiger partial charge on any atom is -0.504 e. The fourth-order valence-corrected chi connectivity index (χ4v) is 2.84. The Bertz CT molecular complexity index is 465. The van der Waals surface area contributed by atoms with Crippen LogP contribution in [0.4, 0.5) is 0 Å². The number of carbonyl (C=O) groups is 1. The summed E-state index contributed by atoms with van der Waals surface area (Å²) in [6.45, 7) is 3.84. The molecule has 1 aliphatic heterocycles. The second-order valence-electron chi connectivity index (χ2n) is 5.41. The number of rotatable bonds is 4. The van der Waals surface area contributed by atoms with Crippen molar-refractivity contribution in [1.82, 2.24) is 4.90 Å². The number of hydrogen-bond acceptors (Lipinski definition) is 3. The van der Waals surface area contributed by atoms with Gasteiger partial charge in [-0.1, -0.05) is 19.8 Å². The maximum absolute atomic E-state index is 12.4. The van der Waals surface area contributed by atoms with Crippen molar-refractivity contribution in [3.8, 4) is 11.5 Å². The molecule has 1 heterocycles. The van der Waals surface area contributed by atoms with Crippen molar-refractivity contribution in [2.45, 2.75) is 32.6 Å². The summed E-state index contributed by atoms with van der Waals surface area (Å²) < 4.78 is 4.99. The second-order valence-corrected chi connectivity index (χ2v) is 5.41. The van der Waals surface area contributed by atoms with Crippen LogP contribution < -0.4 is 4.74 Å². The summed E-state index contributed by atoms with van der Waals surface area (Å²) in [5, 5.41) is 9.75. The first-order valence-electron chi connectivity index (χ1n) is 7.32. The Morgan fingerprint density at radius 2 is 2.10 bits per heavy atom. The first-order chi connectivity index (χ1) is 9.65. The quantitative estimate of drug-likeness (QED) is 0.920. The van der Waals surface area contributed by atoms with Crippen LogP contribution in [0.15, 0.2) is 18.2 Å². The highest BCUT2D eigenvalue weighted by Crippen LogP contribution is 2.28. The summed E-state index contributed by atoms with van der Waals surface area (Å²) in [6.07, 6.45) is 4.64. The summed E-state index contributed by atoms with van der Waals surface area (Å²) in [7, 11) is 1.50. The van der Waals surface area contributed by atoms with Gasteiger partial charge in [0.1, 0.15) is 0 Å². The molecule has 2 rings (SSSR count). The molecule has 0 radical (unpaired) electrons. The second kappa shape index (κ2) is 6.64. The van der Waals surface area contributed by atoms with Gasteiger partial charge in [-0.3, -0.25) is 4.79 Å². The third-order valence-corrected chi connectivity index (χ3v) is 4.02. The van der Waals surface area contributed by atoms with Gasteiger partial charge in [0, 0.05) is 18.7 Å². The van der Waals surface area contributed by atoms with E-state index in [9.17, 15) is 9.90 Å². The summed E-state index contributed by atoms with van der Waals surface area (Å²) in [4.78, 5) is 14.3. The van der Waals surface area contributed by atoms with E-state index < -0.39 is 0 Å². The normalized spacial score (nSPS) is 16.2. The maximum atomic E-state index is 12.4. The number of methoxy groups -OCH3 is 1. The largest absolute Gasteiger partial charge is 0.504 e. The van der Waals surface area contributed by atoms with Crippen molar-refractivity contribution in [3.05, 3.63) is 23.8 Å². The van der Waals surface area contributed by atoms with Crippen LogP contribution in [0, 0.1) is 5.92 Å². The lowest BCUT2D eigenvalue weighted by Gasteiger charge is -2.32. The van der Waals surface area contributed by atoms with E-state index in [0.717, 1.165) is 31.8 Å². The number of amides is 1. The van der Waals surface area contributed by atoms with Gasteiger partial charge in [0.2, 0.25) is 0 Å². The number of likely N-dealkylation sites (tertiary alicyclic amines) is 1. The number of ether oxygens (including phenoxy) is 1. The van der Waals surface area contributed by atoms with Crippen molar-refractivity contribution in [3.63, 3.8) is 0 Å². The monoisotopic (exact) mass is 277 g/mol. The van der Waals surface area contributed by atoms with Gasteiger partial charge in [-0.25, -0.2) is 0 Å². The molecule has 1 N–H and O–H groups in total. The molecule has 1 amide bonds. The fraction of sp³-hybridized carbons (Fsp3) is 0.562. The third-order valence-electron chi connectivity index (χ3n) is 4.02. The molecule has 0 saturated carbocycles. The lowest BCUT2D eigenvalue weighted by Crippen LogP contribution is -2.38. The fourth-order valence-electron chi connectivity index (χ4n) is 2.84. The number of aromatic hydroxyl groups is 1. The van der Waals surface area contributed by atoms with Gasteiger partial charge >= 0.3 is 0 Å². The van der Waals surface area contributed by atoms with Gasteiger partial charge in [-0.15, -0.1) is 0 Å². The predicted molar refractivity (Wildman–Crippen MR) is 78.2 cm³/mol. The number of hydrogen-bond donors (Lipinski definition) is 1. The molecule has 1 saturated heterocycles. The van der Waals surface area contributed by atoms with Gasteiger partial charge < -0.3 is 14.7 Å². The van der Waals surface area contributed by atoms with Gasteiger partial charge in [0.05, 0.1) is 7.11 Å². The SMILES string of the molecule is CCCC1CCN(C(=O)c2ccc(OC)c(O)c2)CC1. The van der Waals surface area contributed by atoms with Crippen molar-refractivity contribution >= 4 is 5.91 Å². The molecule has 1 aliphatic rings. The highest BCUT2D eigenvalue weighted by molar-refractivity contribution is 5.95. The molecular formula is C16H23NO3. The van der Waals surface area contributed by atoms with Gasteiger partial charge in [0.15, 0.2) is 11.5 Å². The molecular weight excluding hydrogens is 254 g/mol. The summed E-state index contributed by atoms with van der Waals surface area (Å²) in [5.41, 5.74) is 0.525. The Labute approximate surface area is 120 Å². The van der Waals surface area contributed by atoms with Crippen LogP contribution in [0.3, 0.4) is 0 Å². The van der Waals surface area contributed by atoms with Crippen LogP contribution in [-0.4, -0.2) is 36.1 Å². The number of phenols is 1. The predicted octanol–water partition coefficient (Wildman–Crippen LogP) is 3.05. The average molecular weight is 277 g/mol. The molecule has 20 heavy (non-hydrogen) atoms. The van der Waals surface area contributed by atoms with E-state index in [4.69, 9.17) is 4.74 Å². The van der Waals surface area contributed by atoms with E-state index >= 15 is 0 Å². The third kappa shape index (κ3) is 3.24. The highest BCUT2D eigenvalue weighted by atomic mass is 16.5. The molecule has 0 aliphatic carbocycles. The number of carbonyl (C=O) groups excluding carboxylic acids is 1. The van der Waals surface area contributed by atoms with E-state index in [1.165, 1.54) is 26.0 Å². The molecule has 110 valence electrons. The van der Waals surface area contributed by atoms with Crippen molar-refractivity contribution in [2.75, 3.05) is 20.2 Å². The Morgan fingerprint density at radius 3 is 2.65 bits per heavy atom. The van der Waals surface area contributed by atoms with E-state index in [0.29, 0.717) is 11.3 Å². The van der Waals surface area contributed by atoms with Crippen LogP contribution in [0.1, 0.15) is 43.0 Å². The van der Waals surface area contributed by atoms with Crippen molar-refractivity contribution < 1.29 is 14.6 Å². The van der Waals surface area contributed by atoms with Crippen molar-refractivity contribution in [2.24, 2.45) is 5.92 Å². The molecule has 0 atom stereocenters. The highest BCUT2D eigenvalue weighted by Gasteiger charge is 2.23. The standard InChI is InChI=1S/C16H23NO3/c1-3-4-12-7-9-17(10-8-12)16(19)13-5-6-15(20-2)14(18)11-13/h5-6,11-12,18H,3-4,7-10H2,1-2H3. The molecule has 0 aromatic heterocycles. The van der Waals surface area contributed by atoms with E-state index in [1.54, 1.807) is 12.1 Å². The lowest BCUT2D eigenvalue weighted by molar-refractivity contribution is 0.0686. The number of nitrogens with zero attached hydrogens (tertiary/aromatic N) is 1. The van der Waals surface area contributed by atoms with Crippen LogP contribution in [0.5, 0.6) is 11.5 Å². The molecule has 1 aromatic carbocycles. The smallest absolute Gasteiger partial charge is 0.253 e. The molecule has 4 nitrogen and oxygen atoms in total.